The van der Waals surface area contributed by atoms with Gasteiger partial charge in [0, 0.05) is 6.42 Å². The smallest absolute Gasteiger partial charge is 0.105 e. The molecule has 2 N–H and O–H groups in total. The average molecular weight is 110 g/mol. The van der Waals surface area contributed by atoms with Gasteiger partial charge in [-0.3, -0.25) is 0 Å². The number of hydrogen-bond donors (Lipinski definition) is 2. The lowest BCUT2D eigenvalue weighted by atomic mass is 10.1. The molecule has 0 aromatic carbocycles. The zero-order valence-electron chi connectivity index (χ0n) is 4.99. The van der Waals surface area contributed by atoms with Gasteiger partial charge < -0.3 is 0 Å². The van der Waals surface area contributed by atoms with Gasteiger partial charge in [0.25, 0.3) is 0 Å². The Morgan fingerprint density at radius 1 is 1.62 bits per heavy atom. The minimum absolute atomic E-state index is 0.106. The maximum atomic E-state index is 5.10. The van der Waals surface area contributed by atoms with E-state index in [2.05, 4.69) is 23.7 Å². The second kappa shape index (κ2) is 1.77. The van der Waals surface area contributed by atoms with Crippen LogP contribution in [0.25, 0.3) is 0 Å². The highest BCUT2D eigenvalue weighted by Gasteiger charge is 2.38. The molecule has 1 aliphatic rings. The van der Waals surface area contributed by atoms with Crippen LogP contribution in [0.3, 0.4) is 0 Å². The normalized spacial score (nSPS) is 22.0. The van der Waals surface area contributed by atoms with Gasteiger partial charge in [-0.15, -0.1) is 12.3 Å². The van der Waals surface area contributed by atoms with Crippen LogP contribution in [0, 0.1) is 12.3 Å². The first-order valence-electron chi connectivity index (χ1n) is 2.81. The fourth-order valence-corrected chi connectivity index (χ4v) is 0.653. The van der Waals surface area contributed by atoms with Crippen molar-refractivity contribution in [2.24, 2.45) is 0 Å². The quantitative estimate of drug-likeness (QED) is 0.394. The zero-order chi connectivity index (χ0) is 6.04. The lowest BCUT2D eigenvalue weighted by molar-refractivity contribution is 0.601. The molecule has 1 fully saturated rings. The van der Waals surface area contributed by atoms with E-state index in [1.807, 2.05) is 0 Å². The fourth-order valence-electron chi connectivity index (χ4n) is 0.653. The Balaban J connectivity index is 2.33. The van der Waals surface area contributed by atoms with E-state index in [0.717, 1.165) is 12.8 Å². The summed E-state index contributed by atoms with van der Waals surface area (Å²) in [6, 6.07) is 0. The molecular formula is C6H10N2. The van der Waals surface area contributed by atoms with Crippen molar-refractivity contribution in [3.8, 4) is 12.3 Å². The van der Waals surface area contributed by atoms with Crippen LogP contribution in [0.2, 0.25) is 0 Å². The molecule has 0 radical (unpaired) electrons. The maximum Gasteiger partial charge on any atom is 0.105 e. The lowest BCUT2D eigenvalue weighted by Crippen LogP contribution is -2.13. The Morgan fingerprint density at radius 2 is 2.25 bits per heavy atom. The van der Waals surface area contributed by atoms with Gasteiger partial charge in [0.15, 0.2) is 0 Å². The molecule has 0 bridgehead atoms. The molecule has 1 saturated heterocycles. The molecule has 0 spiro atoms. The molecule has 44 valence electrons. The molecule has 0 amide bonds. The Hall–Kier alpha value is -0.520. The van der Waals surface area contributed by atoms with Crippen LogP contribution in [-0.2, 0) is 0 Å². The minimum atomic E-state index is 0.106. The van der Waals surface area contributed by atoms with Gasteiger partial charge in [0.05, 0.1) is 0 Å². The molecular weight excluding hydrogens is 100 g/mol. The Kier molecular flexibility index (Phi) is 1.24. The highest BCUT2D eigenvalue weighted by molar-refractivity contribution is 5.03. The summed E-state index contributed by atoms with van der Waals surface area (Å²) in [5.41, 5.74) is 6.12. The summed E-state index contributed by atoms with van der Waals surface area (Å²) in [5, 5.41) is 0. The van der Waals surface area contributed by atoms with E-state index in [1.165, 1.54) is 0 Å². The van der Waals surface area contributed by atoms with E-state index in [-0.39, 0.29) is 5.66 Å². The van der Waals surface area contributed by atoms with Gasteiger partial charge in [0.2, 0.25) is 0 Å². The van der Waals surface area contributed by atoms with Gasteiger partial charge in [-0.2, -0.15) is 0 Å². The van der Waals surface area contributed by atoms with Crippen LogP contribution in [0.15, 0.2) is 0 Å². The van der Waals surface area contributed by atoms with Crippen LogP contribution in [0.4, 0.5) is 0 Å². The van der Waals surface area contributed by atoms with Crippen molar-refractivity contribution in [3.05, 3.63) is 0 Å². The molecule has 1 aliphatic heterocycles. The van der Waals surface area contributed by atoms with E-state index >= 15 is 0 Å². The van der Waals surface area contributed by atoms with Crippen LogP contribution >= 0.6 is 0 Å². The summed E-state index contributed by atoms with van der Waals surface area (Å²) in [5.74, 6) is 2.60. The average Bonchev–Trinajstić information content (AvgIpc) is 2.50. The summed E-state index contributed by atoms with van der Waals surface area (Å²) in [4.78, 5) is 0. The first-order chi connectivity index (χ1) is 3.83. The molecule has 0 aromatic rings. The fraction of sp³-hybridized carbons (Fsp3) is 0.667. The topological polar surface area (TPSA) is 43.9 Å². The largest absolute Gasteiger partial charge is 0.234 e. The molecule has 0 unspecified atom stereocenters. The van der Waals surface area contributed by atoms with Gasteiger partial charge in [-0.05, 0) is 6.42 Å². The first-order valence-corrected chi connectivity index (χ1v) is 2.81. The van der Waals surface area contributed by atoms with E-state index in [4.69, 9.17) is 6.42 Å². The van der Waals surface area contributed by atoms with E-state index < -0.39 is 0 Å². The number of hydrazine groups is 1. The number of rotatable bonds is 2. The second-order valence-electron chi connectivity index (χ2n) is 2.07. The summed E-state index contributed by atoms with van der Waals surface area (Å²) in [7, 11) is 0. The molecule has 2 heteroatoms. The van der Waals surface area contributed by atoms with Gasteiger partial charge in [0.1, 0.15) is 5.66 Å². The van der Waals surface area contributed by atoms with Crippen molar-refractivity contribution in [2.75, 3.05) is 0 Å². The molecule has 1 heterocycles. The standard InChI is InChI=1S/C6H10N2/c1-3-5-6(4-2)7-8-6/h1,7-8H,4-5H2,2H3. The zero-order valence-corrected chi connectivity index (χ0v) is 4.99. The molecule has 1 rings (SSSR count). The summed E-state index contributed by atoms with van der Waals surface area (Å²) in [6.07, 6.45) is 6.93. The van der Waals surface area contributed by atoms with Crippen molar-refractivity contribution < 1.29 is 0 Å². The van der Waals surface area contributed by atoms with E-state index in [9.17, 15) is 0 Å². The summed E-state index contributed by atoms with van der Waals surface area (Å²) in [6.45, 7) is 2.10. The van der Waals surface area contributed by atoms with Crippen molar-refractivity contribution in [1.82, 2.24) is 10.9 Å². The SMILES string of the molecule is C#CCC1(CC)NN1. The number of terminal acetylenes is 1. The second-order valence-corrected chi connectivity index (χ2v) is 2.07. The van der Waals surface area contributed by atoms with Crippen molar-refractivity contribution in [3.63, 3.8) is 0 Å². The van der Waals surface area contributed by atoms with Crippen LogP contribution in [0.1, 0.15) is 19.8 Å². The summed E-state index contributed by atoms with van der Waals surface area (Å²) < 4.78 is 0. The number of hydrogen-bond acceptors (Lipinski definition) is 2. The Bertz CT molecular complexity index is 119. The molecule has 8 heavy (non-hydrogen) atoms. The van der Waals surface area contributed by atoms with Crippen LogP contribution in [0.5, 0.6) is 0 Å². The van der Waals surface area contributed by atoms with E-state index in [1.54, 1.807) is 0 Å². The molecule has 2 nitrogen and oxygen atoms in total. The third-order valence-corrected chi connectivity index (χ3v) is 1.49. The van der Waals surface area contributed by atoms with Gasteiger partial charge in [-0.25, -0.2) is 10.9 Å². The molecule has 0 aliphatic carbocycles. The Labute approximate surface area is 49.6 Å². The van der Waals surface area contributed by atoms with Crippen molar-refractivity contribution in [1.29, 1.82) is 0 Å². The molecule has 0 atom stereocenters. The number of nitrogens with one attached hydrogen (secondary N) is 2. The third-order valence-electron chi connectivity index (χ3n) is 1.49. The highest BCUT2D eigenvalue weighted by Crippen LogP contribution is 2.17. The first kappa shape index (κ1) is 5.61. The van der Waals surface area contributed by atoms with Gasteiger partial charge in [-0.1, -0.05) is 6.92 Å². The summed E-state index contributed by atoms with van der Waals surface area (Å²) >= 11 is 0. The molecule has 0 saturated carbocycles. The van der Waals surface area contributed by atoms with Crippen molar-refractivity contribution >= 4 is 0 Å². The van der Waals surface area contributed by atoms with E-state index in [0.29, 0.717) is 0 Å². The monoisotopic (exact) mass is 110 g/mol. The molecule has 0 aromatic heterocycles. The van der Waals surface area contributed by atoms with Gasteiger partial charge >= 0.3 is 0 Å². The van der Waals surface area contributed by atoms with Crippen molar-refractivity contribution in [2.45, 2.75) is 25.4 Å². The van der Waals surface area contributed by atoms with Crippen LogP contribution < -0.4 is 10.9 Å². The predicted octanol–water partition coefficient (Wildman–Crippen LogP) is 0.224. The Morgan fingerprint density at radius 3 is 2.38 bits per heavy atom. The minimum Gasteiger partial charge on any atom is -0.234 e. The third kappa shape index (κ3) is 0.835. The van der Waals surface area contributed by atoms with Crippen LogP contribution in [-0.4, -0.2) is 5.66 Å². The highest BCUT2D eigenvalue weighted by atomic mass is 15.7. The maximum absolute atomic E-state index is 5.10. The lowest BCUT2D eigenvalue weighted by Gasteiger charge is -1.99. The predicted molar refractivity (Wildman–Crippen MR) is 32.7 cm³/mol.